The SMILES string of the molecule is CNC(=O)C(CSC(c1ccccc1)(c1ccccc1)c1ccccc1)NC(=O)C(CCCCN=C(CC(C)C)C1=C(O)CC(C)(C)CC1=O)NC(=O)C(COC(C)(C)C)NC(=O)C(N)CCCCN. The van der Waals surface area contributed by atoms with Crippen LogP contribution in [0, 0.1) is 11.3 Å². The van der Waals surface area contributed by atoms with Crippen molar-refractivity contribution in [1.29, 1.82) is 0 Å². The Kier molecular flexibility index (Phi) is 22.3. The first-order valence-electron chi connectivity index (χ1n) is 24.7. The number of hydrogen-bond donors (Lipinski definition) is 7. The number of unbranched alkanes of at least 4 members (excludes halogenated alkanes) is 2. The van der Waals surface area contributed by atoms with Gasteiger partial charge in [-0.15, -0.1) is 11.8 Å². The summed E-state index contributed by atoms with van der Waals surface area (Å²) in [5.74, 6) is -1.98. The summed E-state index contributed by atoms with van der Waals surface area (Å²) >= 11 is 1.51. The summed E-state index contributed by atoms with van der Waals surface area (Å²) < 4.78 is 5.21. The van der Waals surface area contributed by atoms with Crippen molar-refractivity contribution < 1.29 is 33.8 Å². The molecule has 0 bridgehead atoms. The Hall–Kier alpha value is -5.35. The lowest BCUT2D eigenvalue weighted by molar-refractivity contribution is -0.136. The van der Waals surface area contributed by atoms with Crippen LogP contribution in [0.3, 0.4) is 0 Å². The molecule has 1 aliphatic rings. The maximum atomic E-state index is 14.7. The highest BCUT2D eigenvalue weighted by molar-refractivity contribution is 8.00. The number of benzene rings is 3. The number of carbonyl (C=O) groups is 5. The third-order valence-electron chi connectivity index (χ3n) is 12.1. The second kappa shape index (κ2) is 27.3. The Bertz CT molecular complexity index is 2130. The first kappa shape index (κ1) is 57.2. The van der Waals surface area contributed by atoms with Gasteiger partial charge in [-0.1, -0.05) is 125 Å². The molecule has 0 aliphatic heterocycles. The smallest absolute Gasteiger partial charge is 0.245 e. The van der Waals surface area contributed by atoms with Crippen molar-refractivity contribution >= 4 is 46.9 Å². The number of nitrogens with two attached hydrogens (primary N) is 2. The van der Waals surface area contributed by atoms with E-state index in [-0.39, 0.29) is 41.7 Å². The molecule has 1 aliphatic carbocycles. The van der Waals surface area contributed by atoms with Gasteiger partial charge >= 0.3 is 0 Å². The topological polar surface area (TPSA) is 227 Å². The molecule has 3 aromatic rings. The van der Waals surface area contributed by atoms with Gasteiger partial charge in [0.15, 0.2) is 5.78 Å². The van der Waals surface area contributed by atoms with Crippen molar-refractivity contribution in [2.45, 2.75) is 141 Å². The molecular formula is C55H79N7O7S. The molecule has 0 heterocycles. The van der Waals surface area contributed by atoms with Crippen LogP contribution in [0.1, 0.15) is 123 Å². The molecule has 4 amide bonds. The van der Waals surface area contributed by atoms with E-state index in [0.717, 1.165) is 16.7 Å². The van der Waals surface area contributed by atoms with E-state index in [2.05, 4.69) is 57.7 Å². The zero-order valence-corrected chi connectivity index (χ0v) is 43.5. The van der Waals surface area contributed by atoms with Crippen LogP contribution in [-0.2, 0) is 33.5 Å². The summed E-state index contributed by atoms with van der Waals surface area (Å²) in [6.07, 6.45) is 3.91. The predicted octanol–water partition coefficient (Wildman–Crippen LogP) is 7.04. The summed E-state index contributed by atoms with van der Waals surface area (Å²) in [7, 11) is 1.51. The lowest BCUT2D eigenvalue weighted by Gasteiger charge is -2.36. The second-order valence-corrected chi connectivity index (χ2v) is 21.6. The minimum absolute atomic E-state index is 0.0612. The maximum Gasteiger partial charge on any atom is 0.245 e. The molecule has 0 saturated heterocycles. The average molecular weight is 982 g/mol. The number of ketones is 1. The van der Waals surface area contributed by atoms with Crippen molar-refractivity contribution in [3.63, 3.8) is 0 Å². The lowest BCUT2D eigenvalue weighted by Crippen LogP contribution is -2.59. The fraction of sp³-hybridized carbons (Fsp3) is 0.527. The zero-order chi connectivity index (χ0) is 51.5. The van der Waals surface area contributed by atoms with E-state index in [4.69, 9.17) is 21.2 Å². The van der Waals surface area contributed by atoms with E-state index in [1.807, 2.05) is 103 Å². The van der Waals surface area contributed by atoms with Crippen LogP contribution < -0.4 is 32.7 Å². The van der Waals surface area contributed by atoms with Crippen LogP contribution in [-0.4, -0.2) is 102 Å². The Labute approximate surface area is 420 Å². The van der Waals surface area contributed by atoms with Gasteiger partial charge in [0.05, 0.1) is 28.6 Å². The lowest BCUT2D eigenvalue weighted by atomic mass is 9.75. The number of nitrogens with one attached hydrogen (secondary N) is 4. The normalized spacial score (nSPS) is 16.0. The molecule has 382 valence electrons. The highest BCUT2D eigenvalue weighted by atomic mass is 32.2. The number of likely N-dealkylation sites (N-methyl/N-ethyl adjacent to an activating group) is 1. The van der Waals surface area contributed by atoms with Gasteiger partial charge in [0.25, 0.3) is 0 Å². The molecule has 9 N–H and O–H groups in total. The number of nitrogens with zero attached hydrogens (tertiary/aromatic N) is 1. The Morgan fingerprint density at radius 3 is 1.76 bits per heavy atom. The molecule has 0 aromatic heterocycles. The molecule has 0 spiro atoms. The summed E-state index contributed by atoms with van der Waals surface area (Å²) in [5, 5.41) is 22.4. The van der Waals surface area contributed by atoms with Crippen LogP contribution in [0.2, 0.25) is 0 Å². The van der Waals surface area contributed by atoms with E-state index in [9.17, 15) is 29.1 Å². The monoisotopic (exact) mass is 982 g/mol. The predicted molar refractivity (Wildman–Crippen MR) is 281 cm³/mol. The van der Waals surface area contributed by atoms with Gasteiger partial charge in [-0.2, -0.15) is 0 Å². The summed E-state index contributed by atoms with van der Waals surface area (Å²) in [4.78, 5) is 74.5. The average Bonchev–Trinajstić information content (AvgIpc) is 3.31. The van der Waals surface area contributed by atoms with Crippen LogP contribution in [0.15, 0.2) is 107 Å². The second-order valence-electron chi connectivity index (χ2n) is 20.4. The van der Waals surface area contributed by atoms with E-state index in [1.54, 1.807) is 0 Å². The number of Topliss-reactive ketones (excluding diaryl/α,β-unsaturated/α-hetero) is 1. The number of rotatable bonds is 27. The minimum Gasteiger partial charge on any atom is -0.511 e. The number of aliphatic hydroxyl groups excluding tert-OH is 1. The van der Waals surface area contributed by atoms with Crippen LogP contribution in [0.5, 0.6) is 0 Å². The van der Waals surface area contributed by atoms with Crippen molar-refractivity contribution in [2.24, 2.45) is 27.8 Å². The van der Waals surface area contributed by atoms with E-state index in [0.29, 0.717) is 75.7 Å². The largest absolute Gasteiger partial charge is 0.511 e. The van der Waals surface area contributed by atoms with Gasteiger partial charge in [0, 0.05) is 37.9 Å². The first-order valence-corrected chi connectivity index (χ1v) is 25.7. The molecule has 4 atom stereocenters. The Morgan fingerprint density at radius 2 is 1.26 bits per heavy atom. The van der Waals surface area contributed by atoms with Crippen LogP contribution in [0.4, 0.5) is 0 Å². The number of allylic oxidation sites excluding steroid dienone is 2. The van der Waals surface area contributed by atoms with Gasteiger partial charge in [0.2, 0.25) is 23.6 Å². The van der Waals surface area contributed by atoms with E-state index in [1.165, 1.54) is 18.8 Å². The van der Waals surface area contributed by atoms with Gasteiger partial charge in [-0.05, 0) is 93.9 Å². The molecule has 0 radical (unpaired) electrons. The molecule has 4 unspecified atom stereocenters. The van der Waals surface area contributed by atoms with Crippen molar-refractivity contribution in [3.8, 4) is 0 Å². The van der Waals surface area contributed by atoms with E-state index < -0.39 is 58.1 Å². The molecule has 3 aromatic carbocycles. The Morgan fingerprint density at radius 1 is 0.743 bits per heavy atom. The fourth-order valence-electron chi connectivity index (χ4n) is 8.50. The minimum atomic E-state index is -1.21. The molecule has 70 heavy (non-hydrogen) atoms. The number of amides is 4. The first-order chi connectivity index (χ1) is 33.2. The summed E-state index contributed by atoms with van der Waals surface area (Å²) in [6.45, 7) is 14.0. The molecule has 15 heteroatoms. The number of ether oxygens (including phenoxy) is 1. The molecule has 0 saturated carbocycles. The highest BCUT2D eigenvalue weighted by Crippen LogP contribution is 2.48. The third kappa shape index (κ3) is 17.2. The standard InChI is InChI=1S/C55H79N7O7S/c1-37(2)32-43(48-46(63)33-54(6,7)34-47(48)64)59-31-21-19-29-42(60-52(68)44(35-69-53(3,4)5)61-49(65)41(57)28-18-20-30-56)51(67)62-45(50(66)58-8)36-70-55(38-22-12-9-13-23-38,39-24-14-10-15-25-39)40-26-16-11-17-27-40/h9-17,22-27,37,41-42,44-45,63H,18-21,28-36,56-57H2,1-8H3,(H,58,66)(H,60,68)(H,61,65)(H,62,67). The van der Waals surface area contributed by atoms with Crippen molar-refractivity contribution in [3.05, 3.63) is 119 Å². The number of aliphatic imine (C=N–C) groups is 1. The van der Waals surface area contributed by atoms with Crippen molar-refractivity contribution in [1.82, 2.24) is 21.3 Å². The third-order valence-corrected chi connectivity index (χ3v) is 13.7. The molecular weight excluding hydrogens is 903 g/mol. The Balaban J connectivity index is 1.67. The molecule has 14 nitrogen and oxygen atoms in total. The van der Waals surface area contributed by atoms with Gasteiger partial charge in [0.1, 0.15) is 23.9 Å². The van der Waals surface area contributed by atoms with Crippen molar-refractivity contribution in [2.75, 3.05) is 32.5 Å². The molecule has 0 fully saturated rings. The van der Waals surface area contributed by atoms with Gasteiger partial charge in [-0.25, -0.2) is 0 Å². The number of aliphatic hydroxyl groups is 1. The fourth-order valence-corrected chi connectivity index (χ4v) is 10.1. The summed E-state index contributed by atoms with van der Waals surface area (Å²) in [6, 6.07) is 25.8. The van der Waals surface area contributed by atoms with E-state index >= 15 is 0 Å². The van der Waals surface area contributed by atoms with Crippen LogP contribution in [0.25, 0.3) is 0 Å². The number of thioether (sulfide) groups is 1. The van der Waals surface area contributed by atoms with Gasteiger partial charge in [-0.3, -0.25) is 29.0 Å². The summed E-state index contributed by atoms with van der Waals surface area (Å²) in [5.41, 5.74) is 14.7. The zero-order valence-electron chi connectivity index (χ0n) is 42.6. The van der Waals surface area contributed by atoms with Gasteiger partial charge < -0.3 is 42.6 Å². The maximum absolute atomic E-state index is 14.7. The number of carbonyl (C=O) groups excluding carboxylic acids is 5. The quantitative estimate of drug-likeness (QED) is 0.0234. The number of hydrogen-bond acceptors (Lipinski definition) is 11. The van der Waals surface area contributed by atoms with Crippen LogP contribution >= 0.6 is 11.8 Å². The highest BCUT2D eigenvalue weighted by Gasteiger charge is 2.40. The molecule has 4 rings (SSSR count).